The summed E-state index contributed by atoms with van der Waals surface area (Å²) in [6.07, 6.45) is 8.55. The van der Waals surface area contributed by atoms with Gasteiger partial charge in [-0.3, -0.25) is 0 Å². The minimum atomic E-state index is -0.140. The van der Waals surface area contributed by atoms with Crippen molar-refractivity contribution in [3.05, 3.63) is 29.3 Å². The summed E-state index contributed by atoms with van der Waals surface area (Å²) < 4.78 is 12.6. The molecule has 4 aliphatic rings. The topological polar surface area (TPSA) is 18.5 Å². The van der Waals surface area contributed by atoms with Crippen LogP contribution in [0.5, 0.6) is 5.75 Å². The van der Waals surface area contributed by atoms with Gasteiger partial charge >= 0.3 is 0 Å². The lowest BCUT2D eigenvalue weighted by Gasteiger charge is -2.33. The van der Waals surface area contributed by atoms with E-state index in [9.17, 15) is 0 Å². The van der Waals surface area contributed by atoms with Gasteiger partial charge in [0, 0.05) is 0 Å². The summed E-state index contributed by atoms with van der Waals surface area (Å²) in [7, 11) is 0. The molecule has 0 radical (unpaired) electrons. The molecule has 0 aromatic heterocycles. The first kappa shape index (κ1) is 16.2. The maximum Gasteiger partial charge on any atom is 0.197 e. The van der Waals surface area contributed by atoms with E-state index in [1.165, 1.54) is 49.7 Å². The fraction of sp³-hybridized carbons (Fsp3) is 0.739. The van der Waals surface area contributed by atoms with Gasteiger partial charge in [0.25, 0.3) is 0 Å². The third-order valence-corrected chi connectivity index (χ3v) is 8.04. The van der Waals surface area contributed by atoms with Crippen molar-refractivity contribution in [2.75, 3.05) is 0 Å². The smallest absolute Gasteiger partial charge is 0.197 e. The molecule has 0 heterocycles. The van der Waals surface area contributed by atoms with E-state index in [2.05, 4.69) is 39.0 Å². The number of fused-ring (bicyclic) bond motifs is 6. The van der Waals surface area contributed by atoms with E-state index in [4.69, 9.17) is 9.47 Å². The molecule has 8 unspecified atom stereocenters. The second-order valence-electron chi connectivity index (χ2n) is 9.34. The predicted octanol–water partition coefficient (Wildman–Crippen LogP) is 5.55. The van der Waals surface area contributed by atoms with Crippen LogP contribution in [0.15, 0.2) is 18.2 Å². The highest BCUT2D eigenvalue weighted by atomic mass is 16.7. The Balaban J connectivity index is 1.22. The van der Waals surface area contributed by atoms with Crippen molar-refractivity contribution in [3.8, 4) is 5.75 Å². The van der Waals surface area contributed by atoms with Crippen LogP contribution in [0, 0.1) is 29.6 Å². The average Bonchev–Trinajstić information content (AvgIpc) is 3.30. The second-order valence-corrected chi connectivity index (χ2v) is 9.34. The first-order valence-electron chi connectivity index (χ1n) is 10.5. The molecule has 0 aliphatic heterocycles. The van der Waals surface area contributed by atoms with Gasteiger partial charge in [0.2, 0.25) is 0 Å². The Kier molecular flexibility index (Phi) is 3.89. The summed E-state index contributed by atoms with van der Waals surface area (Å²) in [4.78, 5) is 0. The molecule has 0 amide bonds. The predicted molar refractivity (Wildman–Crippen MR) is 99.7 cm³/mol. The van der Waals surface area contributed by atoms with Gasteiger partial charge in [-0.05, 0) is 97.8 Å². The van der Waals surface area contributed by atoms with E-state index in [0.717, 1.165) is 35.3 Å². The zero-order chi connectivity index (χ0) is 17.1. The molecule has 2 heteroatoms. The van der Waals surface area contributed by atoms with Gasteiger partial charge in [0.05, 0.1) is 6.10 Å². The largest absolute Gasteiger partial charge is 0.465 e. The first-order chi connectivity index (χ1) is 12.1. The average molecular weight is 341 g/mol. The van der Waals surface area contributed by atoms with E-state index in [1.54, 1.807) is 0 Å². The Morgan fingerprint density at radius 1 is 1.04 bits per heavy atom. The third kappa shape index (κ3) is 2.63. The Bertz CT molecular complexity index is 653. The molecular formula is C23H32O2. The standard InChI is InChI=1S/C23H32O2/c1-13-9-16-10-18(7-8-19(16)14(13)2)24-15(3)25-23-12-17-11-22(23)21-6-4-5-20(17)21/h7-8,10,13-15,17,20-23H,4-6,9,11-12H2,1-3H3. The maximum atomic E-state index is 6.40. The third-order valence-electron chi connectivity index (χ3n) is 8.04. The summed E-state index contributed by atoms with van der Waals surface area (Å²) >= 11 is 0. The van der Waals surface area contributed by atoms with Crippen LogP contribution < -0.4 is 4.74 Å². The van der Waals surface area contributed by atoms with Crippen LogP contribution in [-0.4, -0.2) is 12.4 Å². The van der Waals surface area contributed by atoms with Crippen molar-refractivity contribution in [3.63, 3.8) is 0 Å². The molecule has 4 aliphatic carbocycles. The number of hydrogen-bond acceptors (Lipinski definition) is 2. The van der Waals surface area contributed by atoms with Gasteiger partial charge in [-0.2, -0.15) is 0 Å². The monoisotopic (exact) mass is 340 g/mol. The fourth-order valence-electron chi connectivity index (χ4n) is 6.73. The molecule has 3 saturated carbocycles. The van der Waals surface area contributed by atoms with Gasteiger partial charge in [-0.25, -0.2) is 0 Å². The Morgan fingerprint density at radius 2 is 1.88 bits per heavy atom. The van der Waals surface area contributed by atoms with Crippen molar-refractivity contribution >= 4 is 0 Å². The van der Waals surface area contributed by atoms with Crippen molar-refractivity contribution in [1.29, 1.82) is 0 Å². The molecular weight excluding hydrogens is 308 g/mol. The first-order valence-corrected chi connectivity index (χ1v) is 10.5. The number of benzene rings is 1. The van der Waals surface area contributed by atoms with E-state index in [1.807, 2.05) is 0 Å². The second kappa shape index (κ2) is 6.01. The van der Waals surface area contributed by atoms with Crippen LogP contribution in [-0.2, 0) is 11.2 Å². The van der Waals surface area contributed by atoms with Crippen molar-refractivity contribution in [2.45, 2.75) is 77.6 Å². The molecule has 0 N–H and O–H groups in total. The Morgan fingerprint density at radius 3 is 2.76 bits per heavy atom. The van der Waals surface area contributed by atoms with Gasteiger partial charge in [0.1, 0.15) is 5.75 Å². The summed E-state index contributed by atoms with van der Waals surface area (Å²) in [5.74, 6) is 6.14. The normalized spacial score (nSPS) is 42.4. The minimum Gasteiger partial charge on any atom is -0.465 e. The molecule has 2 nitrogen and oxygen atoms in total. The highest BCUT2D eigenvalue weighted by molar-refractivity contribution is 5.41. The highest BCUT2D eigenvalue weighted by Crippen LogP contribution is 2.59. The molecule has 25 heavy (non-hydrogen) atoms. The highest BCUT2D eigenvalue weighted by Gasteiger charge is 2.54. The minimum absolute atomic E-state index is 0.140. The number of hydrogen-bond donors (Lipinski definition) is 0. The molecule has 1 aromatic rings. The van der Waals surface area contributed by atoms with Crippen LogP contribution in [0.3, 0.4) is 0 Å². The zero-order valence-electron chi connectivity index (χ0n) is 15.9. The van der Waals surface area contributed by atoms with Crippen LogP contribution in [0.4, 0.5) is 0 Å². The zero-order valence-corrected chi connectivity index (χ0v) is 15.9. The van der Waals surface area contributed by atoms with Crippen LogP contribution in [0.1, 0.15) is 69.9 Å². The summed E-state index contributed by atoms with van der Waals surface area (Å²) in [5.41, 5.74) is 2.98. The lowest BCUT2D eigenvalue weighted by molar-refractivity contribution is -0.132. The van der Waals surface area contributed by atoms with Gasteiger partial charge < -0.3 is 9.47 Å². The molecule has 0 spiro atoms. The van der Waals surface area contributed by atoms with Gasteiger partial charge in [-0.1, -0.05) is 26.3 Å². The van der Waals surface area contributed by atoms with E-state index < -0.39 is 0 Å². The summed E-state index contributed by atoms with van der Waals surface area (Å²) in [6.45, 7) is 6.77. The summed E-state index contributed by atoms with van der Waals surface area (Å²) in [5, 5.41) is 0. The molecule has 8 atom stereocenters. The quantitative estimate of drug-likeness (QED) is 0.669. The van der Waals surface area contributed by atoms with Gasteiger partial charge in [-0.15, -0.1) is 0 Å². The summed E-state index contributed by atoms with van der Waals surface area (Å²) in [6, 6.07) is 6.66. The van der Waals surface area contributed by atoms with Crippen LogP contribution >= 0.6 is 0 Å². The van der Waals surface area contributed by atoms with E-state index in [0.29, 0.717) is 12.0 Å². The Labute approximate surface area is 152 Å². The molecule has 3 fully saturated rings. The van der Waals surface area contributed by atoms with Crippen LogP contribution in [0.25, 0.3) is 0 Å². The maximum absolute atomic E-state index is 6.40. The van der Waals surface area contributed by atoms with Crippen LogP contribution in [0.2, 0.25) is 0 Å². The van der Waals surface area contributed by atoms with E-state index in [-0.39, 0.29) is 6.29 Å². The van der Waals surface area contributed by atoms with Gasteiger partial charge in [0.15, 0.2) is 6.29 Å². The molecule has 0 saturated heterocycles. The molecule has 136 valence electrons. The SMILES string of the molecule is CC(Oc1ccc2c(c1)CC(C)C2C)OC1CC2CC1C1CCCC21. The lowest BCUT2D eigenvalue weighted by Crippen LogP contribution is -2.34. The van der Waals surface area contributed by atoms with E-state index >= 15 is 0 Å². The molecule has 5 rings (SSSR count). The van der Waals surface area contributed by atoms with Crippen molar-refractivity contribution in [1.82, 2.24) is 0 Å². The number of ether oxygens (including phenoxy) is 2. The lowest BCUT2D eigenvalue weighted by atomic mass is 9.80. The van der Waals surface area contributed by atoms with Crippen molar-refractivity contribution in [2.24, 2.45) is 29.6 Å². The van der Waals surface area contributed by atoms with Crippen molar-refractivity contribution < 1.29 is 9.47 Å². The molecule has 1 aromatic carbocycles. The Hall–Kier alpha value is -1.02. The number of rotatable bonds is 4. The fourth-order valence-corrected chi connectivity index (χ4v) is 6.73. The molecule has 2 bridgehead atoms.